The van der Waals surface area contributed by atoms with Gasteiger partial charge in [-0.25, -0.2) is 9.18 Å². The van der Waals surface area contributed by atoms with Gasteiger partial charge < -0.3 is 14.2 Å². The molecule has 5 nitrogen and oxygen atoms in total. The summed E-state index contributed by atoms with van der Waals surface area (Å²) in [5.41, 5.74) is 1.17. The number of carbonyl (C=O) groups is 1. The fourth-order valence-electron chi connectivity index (χ4n) is 3.43. The average Bonchev–Trinajstić information content (AvgIpc) is 2.54. The van der Waals surface area contributed by atoms with Crippen LogP contribution in [0.5, 0.6) is 5.75 Å². The van der Waals surface area contributed by atoms with E-state index >= 15 is 0 Å². The summed E-state index contributed by atoms with van der Waals surface area (Å²) in [6.07, 6.45) is 2.20. The van der Waals surface area contributed by atoms with E-state index in [2.05, 4.69) is 0 Å². The number of hydrogen-bond donors (Lipinski definition) is 0. The number of morpholine rings is 1. The molecule has 1 aromatic carbocycles. The molecule has 6 heteroatoms. The minimum absolute atomic E-state index is 0.138. The number of fused-ring (bicyclic) bond motifs is 2. The summed E-state index contributed by atoms with van der Waals surface area (Å²) < 4.78 is 30.7. The Morgan fingerprint density at radius 3 is 2.77 bits per heavy atom. The average molecular weight is 363 g/mol. The third-order valence-electron chi connectivity index (χ3n) is 4.39. The van der Waals surface area contributed by atoms with Gasteiger partial charge in [-0.3, -0.25) is 4.90 Å². The second kappa shape index (κ2) is 7.27. The lowest BCUT2D eigenvalue weighted by molar-refractivity contribution is -0.0510. The van der Waals surface area contributed by atoms with Crippen molar-refractivity contribution in [1.29, 1.82) is 0 Å². The molecule has 2 atom stereocenters. The molecule has 0 spiro atoms. The Balaban J connectivity index is 1.91. The van der Waals surface area contributed by atoms with Crippen molar-refractivity contribution >= 4 is 11.7 Å². The van der Waals surface area contributed by atoms with Gasteiger partial charge in [0.15, 0.2) is 0 Å². The van der Waals surface area contributed by atoms with Crippen LogP contribution < -0.4 is 4.74 Å². The molecule has 142 valence electrons. The van der Waals surface area contributed by atoms with E-state index in [0.29, 0.717) is 32.0 Å². The predicted molar refractivity (Wildman–Crippen MR) is 96.6 cm³/mol. The Labute approximate surface area is 153 Å². The van der Waals surface area contributed by atoms with Gasteiger partial charge in [-0.15, -0.1) is 0 Å². The maximum absolute atomic E-state index is 13.8. The Bertz CT molecular complexity index is 710. The summed E-state index contributed by atoms with van der Waals surface area (Å²) in [6.45, 7) is 8.79. The van der Waals surface area contributed by atoms with Crippen LogP contribution in [0.2, 0.25) is 0 Å². The second-order valence-corrected chi connectivity index (χ2v) is 7.62. The van der Waals surface area contributed by atoms with E-state index in [9.17, 15) is 9.18 Å². The highest BCUT2D eigenvalue weighted by molar-refractivity contribution is 5.76. The predicted octanol–water partition coefficient (Wildman–Crippen LogP) is 4.02. The lowest BCUT2D eigenvalue weighted by atomic mass is 9.89. The van der Waals surface area contributed by atoms with Gasteiger partial charge in [0.25, 0.3) is 0 Å². The molecule has 2 aliphatic heterocycles. The van der Waals surface area contributed by atoms with E-state index in [1.807, 2.05) is 33.8 Å². The molecule has 2 heterocycles. The van der Waals surface area contributed by atoms with Crippen LogP contribution in [0, 0.1) is 5.82 Å². The molecule has 1 amide bonds. The molecular weight excluding hydrogens is 337 g/mol. The van der Waals surface area contributed by atoms with Crippen LogP contribution in [-0.2, 0) is 9.47 Å². The smallest absolute Gasteiger partial charge is 0.411 e. The largest absolute Gasteiger partial charge is 0.493 e. The van der Waals surface area contributed by atoms with Gasteiger partial charge >= 0.3 is 6.09 Å². The molecule has 2 unspecified atom stereocenters. The zero-order chi connectivity index (χ0) is 18.9. The fraction of sp³-hybridized carbons (Fsp3) is 0.550. The molecule has 0 aliphatic carbocycles. The van der Waals surface area contributed by atoms with E-state index in [1.165, 1.54) is 12.1 Å². The van der Waals surface area contributed by atoms with Crippen LogP contribution in [0.4, 0.5) is 9.18 Å². The number of benzene rings is 1. The number of amides is 1. The van der Waals surface area contributed by atoms with Gasteiger partial charge in [0.1, 0.15) is 17.2 Å². The first-order valence-electron chi connectivity index (χ1n) is 9.01. The molecule has 0 N–H and O–H groups in total. The SMILES string of the molecule is CCOc1ccc(F)cc1C1=CC2COCC(C1)N2C(=O)OC(C)(C)C. The van der Waals surface area contributed by atoms with Crippen molar-refractivity contribution in [3.05, 3.63) is 35.7 Å². The van der Waals surface area contributed by atoms with Gasteiger partial charge in [0.2, 0.25) is 0 Å². The van der Waals surface area contributed by atoms with E-state index in [0.717, 1.165) is 11.1 Å². The van der Waals surface area contributed by atoms with Gasteiger partial charge in [-0.2, -0.15) is 0 Å². The maximum Gasteiger partial charge on any atom is 0.411 e. The number of nitrogens with zero attached hydrogens (tertiary/aromatic N) is 1. The molecule has 1 saturated heterocycles. The summed E-state index contributed by atoms with van der Waals surface area (Å²) in [6, 6.07) is 4.18. The van der Waals surface area contributed by atoms with Crippen LogP contribution in [0.3, 0.4) is 0 Å². The van der Waals surface area contributed by atoms with Crippen molar-refractivity contribution in [2.24, 2.45) is 0 Å². The maximum atomic E-state index is 13.8. The monoisotopic (exact) mass is 363 g/mol. The topological polar surface area (TPSA) is 48.0 Å². The first-order valence-corrected chi connectivity index (χ1v) is 9.01. The van der Waals surface area contributed by atoms with E-state index in [1.54, 1.807) is 11.0 Å². The number of rotatable bonds is 3. The van der Waals surface area contributed by atoms with E-state index in [4.69, 9.17) is 14.2 Å². The summed E-state index contributed by atoms with van der Waals surface area (Å²) in [5, 5.41) is 0. The highest BCUT2D eigenvalue weighted by Gasteiger charge is 2.40. The molecule has 3 rings (SSSR count). The number of carbonyl (C=O) groups excluding carboxylic acids is 1. The standard InChI is InChI=1S/C20H26FNO4/c1-5-25-18-7-6-14(21)10-17(18)13-8-15-11-24-12-16(9-13)22(15)19(23)26-20(2,3)4/h6-8,10,15-16H,5,9,11-12H2,1-4H3. The number of hydrogen-bond acceptors (Lipinski definition) is 4. The van der Waals surface area contributed by atoms with Crippen LogP contribution >= 0.6 is 0 Å². The molecule has 0 aromatic heterocycles. The quantitative estimate of drug-likeness (QED) is 0.814. The summed E-state index contributed by atoms with van der Waals surface area (Å²) in [5.74, 6) is 0.352. The van der Waals surface area contributed by atoms with Gasteiger partial charge in [-0.05, 0) is 57.9 Å². The van der Waals surface area contributed by atoms with Gasteiger partial charge in [0.05, 0.1) is 31.9 Å². The molecular formula is C20H26FNO4. The first kappa shape index (κ1) is 18.7. The molecule has 0 saturated carbocycles. The zero-order valence-electron chi connectivity index (χ0n) is 15.8. The fourth-order valence-corrected chi connectivity index (χ4v) is 3.43. The lowest BCUT2D eigenvalue weighted by Crippen LogP contribution is -2.57. The molecule has 2 aliphatic rings. The van der Waals surface area contributed by atoms with Crippen LogP contribution in [0.1, 0.15) is 39.7 Å². The van der Waals surface area contributed by atoms with Crippen molar-refractivity contribution in [2.75, 3.05) is 19.8 Å². The third-order valence-corrected chi connectivity index (χ3v) is 4.39. The van der Waals surface area contributed by atoms with Crippen LogP contribution in [-0.4, -0.2) is 48.5 Å². The molecule has 26 heavy (non-hydrogen) atoms. The summed E-state index contributed by atoms with van der Waals surface area (Å²) in [7, 11) is 0. The first-order chi connectivity index (χ1) is 12.3. The van der Waals surface area contributed by atoms with Crippen molar-refractivity contribution in [3.63, 3.8) is 0 Å². The number of halogens is 1. The van der Waals surface area contributed by atoms with Crippen LogP contribution in [0.25, 0.3) is 5.57 Å². The Kier molecular flexibility index (Phi) is 5.23. The van der Waals surface area contributed by atoms with Crippen LogP contribution in [0.15, 0.2) is 24.3 Å². The minimum Gasteiger partial charge on any atom is -0.493 e. The Morgan fingerprint density at radius 2 is 2.12 bits per heavy atom. The Morgan fingerprint density at radius 1 is 1.35 bits per heavy atom. The van der Waals surface area contributed by atoms with Gasteiger partial charge in [-0.1, -0.05) is 6.08 Å². The molecule has 2 bridgehead atoms. The number of ether oxygens (including phenoxy) is 3. The molecule has 1 aromatic rings. The normalized spacial score (nSPS) is 22.7. The highest BCUT2D eigenvalue weighted by atomic mass is 19.1. The lowest BCUT2D eigenvalue weighted by Gasteiger charge is -2.44. The van der Waals surface area contributed by atoms with Crippen molar-refractivity contribution in [2.45, 2.75) is 51.8 Å². The van der Waals surface area contributed by atoms with Gasteiger partial charge in [0, 0.05) is 5.56 Å². The third kappa shape index (κ3) is 4.01. The molecule has 1 fully saturated rings. The van der Waals surface area contributed by atoms with Crippen molar-refractivity contribution in [1.82, 2.24) is 4.90 Å². The van der Waals surface area contributed by atoms with Crippen molar-refractivity contribution in [3.8, 4) is 5.75 Å². The summed E-state index contributed by atoms with van der Waals surface area (Å²) in [4.78, 5) is 14.4. The zero-order valence-corrected chi connectivity index (χ0v) is 15.8. The van der Waals surface area contributed by atoms with E-state index < -0.39 is 5.60 Å². The highest BCUT2D eigenvalue weighted by Crippen LogP contribution is 2.37. The van der Waals surface area contributed by atoms with E-state index in [-0.39, 0.29) is 24.0 Å². The van der Waals surface area contributed by atoms with Crippen molar-refractivity contribution < 1.29 is 23.4 Å². The Hall–Kier alpha value is -2.08. The second-order valence-electron chi connectivity index (χ2n) is 7.62. The summed E-state index contributed by atoms with van der Waals surface area (Å²) >= 11 is 0. The molecule has 0 radical (unpaired) electrons. The minimum atomic E-state index is -0.555.